The highest BCUT2D eigenvalue weighted by molar-refractivity contribution is 6.98. The highest BCUT2D eigenvalue weighted by Gasteiger charge is 2.43. The number of hydrogen-bond donors (Lipinski definition) is 0. The van der Waals surface area contributed by atoms with Gasteiger partial charge in [0, 0.05) is 0 Å². The molecule has 0 spiro atoms. The Morgan fingerprint density at radius 1 is 1.00 bits per heavy atom. The quantitative estimate of drug-likeness (QED) is 0.594. The zero-order valence-electron chi connectivity index (χ0n) is 14.3. The van der Waals surface area contributed by atoms with Crippen molar-refractivity contribution in [3.63, 3.8) is 0 Å². The second-order valence-electron chi connectivity index (χ2n) is 7.24. The first-order valence-corrected chi connectivity index (χ1v) is 11.8. The van der Waals surface area contributed by atoms with Crippen LogP contribution in [0.5, 0.6) is 0 Å². The van der Waals surface area contributed by atoms with Gasteiger partial charge < -0.3 is 0 Å². The SMILES string of the molecule is CCCC1=CCC=C1[Si](C)(c1ccccc1)C1CCCCC1. The first-order valence-electron chi connectivity index (χ1n) is 9.22. The highest BCUT2D eigenvalue weighted by atomic mass is 28.3. The molecule has 1 aromatic rings. The molecule has 2 aliphatic carbocycles. The second-order valence-corrected chi connectivity index (χ2v) is 11.6. The molecule has 1 saturated carbocycles. The van der Waals surface area contributed by atoms with Crippen molar-refractivity contribution >= 4 is 13.3 Å². The first-order chi connectivity index (χ1) is 10.8. The highest BCUT2D eigenvalue weighted by Crippen LogP contribution is 2.44. The largest absolute Gasteiger partial charge is 0.118 e. The Kier molecular flexibility index (Phi) is 5.02. The average Bonchev–Trinajstić information content (AvgIpc) is 3.05. The molecule has 1 atom stereocenters. The van der Waals surface area contributed by atoms with E-state index in [0.29, 0.717) is 0 Å². The van der Waals surface area contributed by atoms with Gasteiger partial charge in [-0.25, -0.2) is 0 Å². The van der Waals surface area contributed by atoms with Gasteiger partial charge in [-0.05, 0) is 18.4 Å². The van der Waals surface area contributed by atoms with Gasteiger partial charge in [-0.3, -0.25) is 0 Å². The lowest BCUT2D eigenvalue weighted by molar-refractivity contribution is 0.494. The smallest absolute Gasteiger partial charge is 0.0808 e. The van der Waals surface area contributed by atoms with Gasteiger partial charge in [-0.1, -0.05) is 110 Å². The summed E-state index contributed by atoms with van der Waals surface area (Å²) in [5.74, 6) is 0. The Hall–Kier alpha value is -1.08. The molecule has 0 aromatic heterocycles. The van der Waals surface area contributed by atoms with Crippen molar-refractivity contribution in [1.29, 1.82) is 0 Å². The lowest BCUT2D eigenvalue weighted by Gasteiger charge is -2.41. The predicted molar refractivity (Wildman–Crippen MR) is 100 cm³/mol. The molecule has 0 bridgehead atoms. The van der Waals surface area contributed by atoms with E-state index in [9.17, 15) is 0 Å². The van der Waals surface area contributed by atoms with Crippen molar-refractivity contribution in [2.45, 2.75) is 70.4 Å². The van der Waals surface area contributed by atoms with Gasteiger partial charge in [-0.2, -0.15) is 0 Å². The molecule has 1 fully saturated rings. The van der Waals surface area contributed by atoms with Crippen LogP contribution in [0.1, 0.15) is 58.3 Å². The van der Waals surface area contributed by atoms with E-state index >= 15 is 0 Å². The Balaban J connectivity index is 2.01. The minimum Gasteiger partial charge on any atom is -0.0808 e. The Morgan fingerprint density at radius 3 is 2.41 bits per heavy atom. The Morgan fingerprint density at radius 2 is 1.73 bits per heavy atom. The molecule has 2 aliphatic rings. The second kappa shape index (κ2) is 7.00. The molecule has 1 unspecified atom stereocenters. The van der Waals surface area contributed by atoms with Crippen LogP contribution in [0.25, 0.3) is 0 Å². The summed E-state index contributed by atoms with van der Waals surface area (Å²) < 4.78 is 0. The van der Waals surface area contributed by atoms with Gasteiger partial charge in [0.05, 0.1) is 0 Å². The van der Waals surface area contributed by atoms with Crippen LogP contribution in [0.15, 0.2) is 53.3 Å². The summed E-state index contributed by atoms with van der Waals surface area (Å²) in [6, 6.07) is 11.5. The van der Waals surface area contributed by atoms with Gasteiger partial charge in [0.15, 0.2) is 0 Å². The van der Waals surface area contributed by atoms with Crippen molar-refractivity contribution in [2.75, 3.05) is 0 Å². The van der Waals surface area contributed by atoms with Gasteiger partial charge in [0.2, 0.25) is 0 Å². The Bertz CT molecular complexity index is 549. The summed E-state index contributed by atoms with van der Waals surface area (Å²) in [4.78, 5) is 0. The molecule has 0 nitrogen and oxygen atoms in total. The Labute approximate surface area is 137 Å². The standard InChI is InChI=1S/C21H30Si/c1-3-11-18-12-10-17-21(18)22(2,19-13-6-4-7-14-19)20-15-8-5-9-16-20/h4,6-7,12-14,17,20H,3,5,8-11,15-16H2,1-2H3. The lowest BCUT2D eigenvalue weighted by atomic mass is 10.0. The van der Waals surface area contributed by atoms with Crippen LogP contribution in [0.4, 0.5) is 0 Å². The van der Waals surface area contributed by atoms with Crippen LogP contribution in [-0.2, 0) is 0 Å². The van der Waals surface area contributed by atoms with E-state index in [1.807, 2.05) is 0 Å². The molecule has 0 N–H and O–H groups in total. The fourth-order valence-corrected chi connectivity index (χ4v) is 9.79. The molecular weight excluding hydrogens is 280 g/mol. The van der Waals surface area contributed by atoms with Crippen LogP contribution in [0.3, 0.4) is 0 Å². The van der Waals surface area contributed by atoms with E-state index in [1.165, 1.54) is 51.4 Å². The van der Waals surface area contributed by atoms with Crippen LogP contribution in [0.2, 0.25) is 12.1 Å². The molecule has 0 radical (unpaired) electrons. The molecule has 22 heavy (non-hydrogen) atoms. The summed E-state index contributed by atoms with van der Waals surface area (Å²) >= 11 is 0. The molecule has 3 rings (SSSR count). The third-order valence-electron chi connectivity index (χ3n) is 5.91. The number of benzene rings is 1. The monoisotopic (exact) mass is 310 g/mol. The maximum absolute atomic E-state index is 2.67. The van der Waals surface area contributed by atoms with E-state index in [0.717, 1.165) is 5.54 Å². The average molecular weight is 311 g/mol. The fourth-order valence-electron chi connectivity index (χ4n) is 4.69. The molecule has 0 saturated heterocycles. The number of hydrogen-bond acceptors (Lipinski definition) is 0. The van der Waals surface area contributed by atoms with E-state index in [2.05, 4.69) is 56.0 Å². The van der Waals surface area contributed by atoms with E-state index < -0.39 is 8.07 Å². The van der Waals surface area contributed by atoms with Crippen molar-refractivity contribution in [2.24, 2.45) is 0 Å². The van der Waals surface area contributed by atoms with Crippen LogP contribution in [0, 0.1) is 0 Å². The first kappa shape index (κ1) is 15.8. The topological polar surface area (TPSA) is 0 Å². The van der Waals surface area contributed by atoms with E-state index in [1.54, 1.807) is 16.0 Å². The van der Waals surface area contributed by atoms with Crippen LogP contribution >= 0.6 is 0 Å². The third kappa shape index (κ3) is 2.88. The number of allylic oxidation sites excluding steroid dienone is 4. The van der Waals surface area contributed by atoms with Crippen molar-refractivity contribution < 1.29 is 0 Å². The van der Waals surface area contributed by atoms with Gasteiger partial charge in [0.1, 0.15) is 8.07 Å². The maximum atomic E-state index is 2.67. The van der Waals surface area contributed by atoms with Crippen molar-refractivity contribution in [3.8, 4) is 0 Å². The molecule has 0 heterocycles. The van der Waals surface area contributed by atoms with Crippen molar-refractivity contribution in [3.05, 3.63) is 53.3 Å². The summed E-state index contributed by atoms with van der Waals surface area (Å²) in [6.45, 7) is 4.98. The molecule has 1 heteroatoms. The maximum Gasteiger partial charge on any atom is 0.118 e. The van der Waals surface area contributed by atoms with Crippen LogP contribution in [-0.4, -0.2) is 8.07 Å². The lowest BCUT2D eigenvalue weighted by Crippen LogP contribution is -2.52. The minimum atomic E-state index is -1.60. The van der Waals surface area contributed by atoms with Gasteiger partial charge in [0.25, 0.3) is 0 Å². The summed E-state index contributed by atoms with van der Waals surface area (Å²) in [5.41, 5.74) is 2.62. The molecule has 1 aromatic carbocycles. The normalized spacial score (nSPS) is 22.1. The van der Waals surface area contributed by atoms with Gasteiger partial charge >= 0.3 is 0 Å². The molecule has 0 amide bonds. The fraction of sp³-hybridized carbons (Fsp3) is 0.524. The predicted octanol–water partition coefficient (Wildman–Crippen LogP) is 5.90. The molecular formula is C21H30Si. The third-order valence-corrected chi connectivity index (χ3v) is 11.3. The van der Waals surface area contributed by atoms with E-state index in [4.69, 9.17) is 0 Å². The summed E-state index contributed by atoms with van der Waals surface area (Å²) in [7, 11) is -1.60. The molecule has 118 valence electrons. The summed E-state index contributed by atoms with van der Waals surface area (Å²) in [6.07, 6.45) is 16.1. The molecule has 0 aliphatic heterocycles. The van der Waals surface area contributed by atoms with Gasteiger partial charge in [-0.15, -0.1) is 0 Å². The zero-order valence-corrected chi connectivity index (χ0v) is 15.3. The zero-order chi connectivity index (χ0) is 15.4. The summed E-state index contributed by atoms with van der Waals surface area (Å²) in [5, 5.41) is 3.45. The minimum absolute atomic E-state index is 0.938. The number of rotatable bonds is 5. The van der Waals surface area contributed by atoms with Crippen molar-refractivity contribution in [1.82, 2.24) is 0 Å². The van der Waals surface area contributed by atoms with E-state index in [-0.39, 0.29) is 0 Å². The van der Waals surface area contributed by atoms with Crippen LogP contribution < -0.4 is 5.19 Å².